The van der Waals surface area contributed by atoms with E-state index in [9.17, 15) is 24.3 Å². The third kappa shape index (κ3) is 3.45. The maximum absolute atomic E-state index is 13.7. The van der Waals surface area contributed by atoms with Gasteiger partial charge in [0.2, 0.25) is 11.8 Å². The summed E-state index contributed by atoms with van der Waals surface area (Å²) in [6.07, 6.45) is 3.90. The molecule has 2 aromatic carbocycles. The highest BCUT2D eigenvalue weighted by Crippen LogP contribution is 2.55. The van der Waals surface area contributed by atoms with Gasteiger partial charge in [-0.15, -0.1) is 0 Å². The number of fused-ring (bicyclic) bond motifs is 3. The van der Waals surface area contributed by atoms with Gasteiger partial charge in [-0.25, -0.2) is 0 Å². The zero-order chi connectivity index (χ0) is 25.1. The number of nitrogens with zero attached hydrogens (tertiary/aromatic N) is 1. The van der Waals surface area contributed by atoms with Crippen molar-refractivity contribution in [2.75, 3.05) is 0 Å². The fourth-order valence-electron chi connectivity index (χ4n) is 6.28. The van der Waals surface area contributed by atoms with E-state index < -0.39 is 17.8 Å². The molecule has 0 unspecified atom stereocenters. The first kappa shape index (κ1) is 22.9. The van der Waals surface area contributed by atoms with E-state index in [0.717, 1.165) is 11.1 Å². The molecule has 36 heavy (non-hydrogen) atoms. The van der Waals surface area contributed by atoms with Gasteiger partial charge < -0.3 is 5.11 Å². The van der Waals surface area contributed by atoms with Gasteiger partial charge in [0.1, 0.15) is 5.75 Å². The van der Waals surface area contributed by atoms with Crippen LogP contribution in [-0.4, -0.2) is 33.4 Å². The highest BCUT2D eigenvalue weighted by atomic mass is 79.9. The molecule has 6 nitrogen and oxygen atoms in total. The number of Topliss-reactive ketones (excluding diaryl/α,β-unsaturated/α-hetero) is 1. The number of benzene rings is 2. The second-order valence-electron chi connectivity index (χ2n) is 9.74. The molecular formula is C29H22BrNO5. The quantitative estimate of drug-likeness (QED) is 0.353. The van der Waals surface area contributed by atoms with E-state index in [2.05, 4.69) is 15.9 Å². The number of phenolic OH excluding ortho intramolecular Hbond substituents is 1. The van der Waals surface area contributed by atoms with E-state index in [1.54, 1.807) is 18.2 Å². The number of likely N-dealkylation sites (tertiary alicyclic amines) is 1. The number of ketones is 2. The lowest BCUT2D eigenvalue weighted by Crippen LogP contribution is -2.39. The Morgan fingerprint density at radius 3 is 2.47 bits per heavy atom. The molecule has 1 aliphatic heterocycles. The van der Waals surface area contributed by atoms with E-state index in [-0.39, 0.29) is 52.5 Å². The average Bonchev–Trinajstić information content (AvgIpc) is 3.11. The number of allylic oxidation sites excluding steroid dienone is 6. The smallest absolute Gasteiger partial charge is 0.234 e. The second kappa shape index (κ2) is 8.52. The number of rotatable bonds is 3. The maximum Gasteiger partial charge on any atom is 0.234 e. The second-order valence-corrected chi connectivity index (χ2v) is 10.6. The molecule has 1 saturated heterocycles. The first-order valence-corrected chi connectivity index (χ1v) is 12.7. The van der Waals surface area contributed by atoms with Crippen molar-refractivity contribution in [3.05, 3.63) is 99.1 Å². The largest absolute Gasteiger partial charge is 0.508 e. The van der Waals surface area contributed by atoms with Crippen LogP contribution in [0.15, 0.2) is 88.0 Å². The Balaban J connectivity index is 1.45. The molecule has 3 aliphatic carbocycles. The predicted molar refractivity (Wildman–Crippen MR) is 135 cm³/mol. The monoisotopic (exact) mass is 543 g/mol. The van der Waals surface area contributed by atoms with Crippen LogP contribution in [0.3, 0.4) is 0 Å². The van der Waals surface area contributed by atoms with Crippen LogP contribution < -0.4 is 0 Å². The molecule has 0 aromatic heterocycles. The van der Waals surface area contributed by atoms with E-state index in [4.69, 9.17) is 0 Å². The Kier molecular flexibility index (Phi) is 5.41. The van der Waals surface area contributed by atoms with Crippen molar-refractivity contribution in [1.82, 2.24) is 4.90 Å². The lowest BCUT2D eigenvalue weighted by Gasteiger charge is -2.42. The fraction of sp³-hybridized carbons (Fsp3) is 0.241. The molecule has 1 fully saturated rings. The number of carbonyl (C=O) groups excluding carboxylic acids is 4. The minimum absolute atomic E-state index is 0.0542. The number of hydrogen-bond donors (Lipinski definition) is 1. The summed E-state index contributed by atoms with van der Waals surface area (Å²) in [4.78, 5) is 54.8. The molecule has 4 atom stereocenters. The Bertz CT molecular complexity index is 1440. The van der Waals surface area contributed by atoms with Crippen molar-refractivity contribution in [2.24, 2.45) is 17.8 Å². The summed E-state index contributed by atoms with van der Waals surface area (Å²) in [5.41, 5.74) is 3.21. The van der Waals surface area contributed by atoms with Gasteiger partial charge in [0.05, 0.1) is 22.9 Å². The van der Waals surface area contributed by atoms with Crippen LogP contribution in [0, 0.1) is 17.8 Å². The van der Waals surface area contributed by atoms with Gasteiger partial charge in [0.25, 0.3) is 0 Å². The first-order valence-electron chi connectivity index (χ1n) is 11.9. The van der Waals surface area contributed by atoms with Crippen LogP contribution >= 0.6 is 15.9 Å². The normalized spacial score (nSPS) is 27.4. The SMILES string of the molecule is O=C1C=C(Br)C(=O)C2=C1[C@@H](c1cccc(O)c1)C1=CC[C@@H]3C(=O)N(Cc4ccccc4)C(=O)[C@@H]3[C@@H]1C2. The third-order valence-corrected chi connectivity index (χ3v) is 8.40. The van der Waals surface area contributed by atoms with Gasteiger partial charge in [-0.3, -0.25) is 24.1 Å². The number of hydrogen-bond acceptors (Lipinski definition) is 5. The lowest BCUT2D eigenvalue weighted by atomic mass is 9.59. The average molecular weight is 544 g/mol. The summed E-state index contributed by atoms with van der Waals surface area (Å²) in [5.74, 6) is -2.93. The molecule has 2 aromatic rings. The van der Waals surface area contributed by atoms with Crippen LogP contribution in [0.2, 0.25) is 0 Å². The molecule has 1 heterocycles. The number of carbonyl (C=O) groups is 4. The van der Waals surface area contributed by atoms with Gasteiger partial charge in [0.15, 0.2) is 11.6 Å². The summed E-state index contributed by atoms with van der Waals surface area (Å²) in [5, 5.41) is 10.2. The van der Waals surface area contributed by atoms with Crippen molar-refractivity contribution >= 4 is 39.3 Å². The van der Waals surface area contributed by atoms with Crippen molar-refractivity contribution < 1.29 is 24.3 Å². The number of aromatic hydroxyl groups is 1. The molecule has 0 bridgehead atoms. The molecular weight excluding hydrogens is 522 g/mol. The van der Waals surface area contributed by atoms with Crippen molar-refractivity contribution in [3.63, 3.8) is 0 Å². The molecule has 7 heteroatoms. The standard InChI is InChI=1S/C29H22BrNO5/c30-22-13-23(33)26-21(27(22)34)12-20-18(24(26)16-7-4-8-17(32)11-16)9-10-19-25(20)29(36)31(28(19)35)14-15-5-2-1-3-6-15/h1-9,11,13,19-20,24-25,32H,10,12,14H2/t19-,20+,24-,25-/m0/s1. The summed E-state index contributed by atoms with van der Waals surface area (Å²) in [7, 11) is 0. The molecule has 0 spiro atoms. The van der Waals surface area contributed by atoms with Gasteiger partial charge in [-0.05, 0) is 57.9 Å². The highest BCUT2D eigenvalue weighted by Gasteiger charge is 2.56. The van der Waals surface area contributed by atoms with Gasteiger partial charge in [-0.1, -0.05) is 54.1 Å². The molecule has 1 N–H and O–H groups in total. The van der Waals surface area contributed by atoms with Crippen molar-refractivity contribution in [2.45, 2.75) is 25.3 Å². The van der Waals surface area contributed by atoms with Crippen LogP contribution in [0.25, 0.3) is 0 Å². The molecule has 4 aliphatic rings. The van der Waals surface area contributed by atoms with E-state index in [1.807, 2.05) is 42.5 Å². The minimum atomic E-state index is -0.595. The lowest BCUT2D eigenvalue weighted by molar-refractivity contribution is -0.140. The van der Waals surface area contributed by atoms with Crippen LogP contribution in [0.4, 0.5) is 0 Å². The maximum atomic E-state index is 13.7. The summed E-state index contributed by atoms with van der Waals surface area (Å²) in [6, 6.07) is 16.1. The number of halogens is 1. The molecule has 2 amide bonds. The van der Waals surface area contributed by atoms with Crippen LogP contribution in [0.1, 0.15) is 29.9 Å². The van der Waals surface area contributed by atoms with Crippen molar-refractivity contribution in [1.29, 1.82) is 0 Å². The number of imide groups is 1. The Morgan fingerprint density at radius 1 is 0.944 bits per heavy atom. The molecule has 180 valence electrons. The predicted octanol–water partition coefficient (Wildman–Crippen LogP) is 4.35. The van der Waals surface area contributed by atoms with Gasteiger partial charge in [-0.2, -0.15) is 0 Å². The summed E-state index contributed by atoms with van der Waals surface area (Å²) < 4.78 is 0.195. The van der Waals surface area contributed by atoms with Crippen molar-refractivity contribution in [3.8, 4) is 5.75 Å². The van der Waals surface area contributed by atoms with Crippen LogP contribution in [0.5, 0.6) is 5.75 Å². The van der Waals surface area contributed by atoms with E-state index in [0.29, 0.717) is 23.1 Å². The molecule has 6 rings (SSSR count). The summed E-state index contributed by atoms with van der Waals surface area (Å²) in [6.45, 7) is 0.212. The molecule has 0 radical (unpaired) electrons. The third-order valence-electron chi connectivity index (χ3n) is 7.81. The van der Waals surface area contributed by atoms with E-state index in [1.165, 1.54) is 11.0 Å². The van der Waals surface area contributed by atoms with E-state index >= 15 is 0 Å². The molecule has 0 saturated carbocycles. The Morgan fingerprint density at radius 2 is 1.72 bits per heavy atom. The number of amides is 2. The van der Waals surface area contributed by atoms with Gasteiger partial charge >= 0.3 is 0 Å². The highest BCUT2D eigenvalue weighted by molar-refractivity contribution is 9.12. The first-order chi connectivity index (χ1) is 17.3. The topological polar surface area (TPSA) is 91.8 Å². The summed E-state index contributed by atoms with van der Waals surface area (Å²) >= 11 is 3.23. The zero-order valence-corrected chi connectivity index (χ0v) is 20.8. The number of phenols is 1. The Hall–Kier alpha value is -3.58. The Labute approximate surface area is 216 Å². The fourth-order valence-corrected chi connectivity index (χ4v) is 6.72. The van der Waals surface area contributed by atoms with Gasteiger partial charge in [0, 0.05) is 23.1 Å². The minimum Gasteiger partial charge on any atom is -0.508 e. The zero-order valence-electron chi connectivity index (χ0n) is 19.2. The van der Waals surface area contributed by atoms with Crippen LogP contribution in [-0.2, 0) is 25.7 Å².